The number of nitrogens with zero attached hydrogens (tertiary/aromatic N) is 2. The van der Waals surface area contributed by atoms with E-state index in [0.29, 0.717) is 12.1 Å². The molecule has 88 valence electrons. The molecule has 3 heteroatoms. The molecule has 0 aliphatic carbocycles. The van der Waals surface area contributed by atoms with E-state index in [1.165, 1.54) is 32.4 Å². The minimum absolute atomic E-state index is 0.520. The van der Waals surface area contributed by atoms with Gasteiger partial charge in [0.05, 0.1) is 11.3 Å². The fraction of sp³-hybridized carbons (Fsp3) is 0.500. The Morgan fingerprint density at radius 3 is 3.00 bits per heavy atom. The molecule has 2 fully saturated rings. The van der Waals surface area contributed by atoms with E-state index in [1.54, 1.807) is 0 Å². The van der Waals surface area contributed by atoms with Crippen molar-refractivity contribution in [3.05, 3.63) is 29.8 Å². The van der Waals surface area contributed by atoms with Crippen LogP contribution in [0.5, 0.6) is 0 Å². The van der Waals surface area contributed by atoms with E-state index in [0.717, 1.165) is 11.3 Å². The molecule has 0 aromatic heterocycles. The average molecular weight is 227 g/mol. The first-order valence-electron chi connectivity index (χ1n) is 6.38. The summed E-state index contributed by atoms with van der Waals surface area (Å²) >= 11 is 0. The largest absolute Gasteiger partial charge is 0.380 e. The summed E-state index contributed by atoms with van der Waals surface area (Å²) in [5.74, 6) is 0. The van der Waals surface area contributed by atoms with Gasteiger partial charge in [-0.05, 0) is 37.9 Å². The molecule has 0 amide bonds. The Morgan fingerprint density at radius 1 is 1.24 bits per heavy atom. The van der Waals surface area contributed by atoms with Gasteiger partial charge in [-0.25, -0.2) is 0 Å². The van der Waals surface area contributed by atoms with Crippen molar-refractivity contribution >= 4 is 5.69 Å². The SMILES string of the molecule is N#Cc1ccccc1NC1CCN2CCCC12. The van der Waals surface area contributed by atoms with Gasteiger partial charge in [0.1, 0.15) is 6.07 Å². The summed E-state index contributed by atoms with van der Waals surface area (Å²) in [6.07, 6.45) is 3.82. The van der Waals surface area contributed by atoms with Crippen molar-refractivity contribution in [3.8, 4) is 6.07 Å². The summed E-state index contributed by atoms with van der Waals surface area (Å²) in [5.41, 5.74) is 1.75. The Morgan fingerprint density at radius 2 is 2.12 bits per heavy atom. The fourth-order valence-electron chi connectivity index (χ4n) is 3.16. The van der Waals surface area contributed by atoms with Crippen LogP contribution in [0.3, 0.4) is 0 Å². The molecular weight excluding hydrogens is 210 g/mol. The highest BCUT2D eigenvalue weighted by Gasteiger charge is 2.37. The molecule has 3 nitrogen and oxygen atoms in total. The number of benzene rings is 1. The second kappa shape index (κ2) is 4.38. The van der Waals surface area contributed by atoms with Crippen molar-refractivity contribution in [2.24, 2.45) is 0 Å². The van der Waals surface area contributed by atoms with Crippen LogP contribution in [0.25, 0.3) is 0 Å². The molecule has 1 aromatic rings. The first kappa shape index (κ1) is 10.6. The molecule has 2 heterocycles. The molecule has 1 N–H and O–H groups in total. The second-order valence-corrected chi connectivity index (χ2v) is 4.94. The molecule has 3 rings (SSSR count). The number of nitriles is 1. The smallest absolute Gasteiger partial charge is 0.101 e. The van der Waals surface area contributed by atoms with Crippen molar-refractivity contribution in [1.82, 2.24) is 4.90 Å². The number of fused-ring (bicyclic) bond motifs is 1. The quantitative estimate of drug-likeness (QED) is 0.842. The minimum Gasteiger partial charge on any atom is -0.380 e. The zero-order chi connectivity index (χ0) is 11.7. The van der Waals surface area contributed by atoms with Crippen LogP contribution in [-0.2, 0) is 0 Å². The van der Waals surface area contributed by atoms with Crippen LogP contribution in [0, 0.1) is 11.3 Å². The average Bonchev–Trinajstić information content (AvgIpc) is 2.95. The van der Waals surface area contributed by atoms with Crippen molar-refractivity contribution in [2.75, 3.05) is 18.4 Å². The highest BCUT2D eigenvalue weighted by molar-refractivity contribution is 5.58. The number of hydrogen-bond donors (Lipinski definition) is 1. The lowest BCUT2D eigenvalue weighted by Gasteiger charge is -2.22. The maximum Gasteiger partial charge on any atom is 0.101 e. The van der Waals surface area contributed by atoms with Crippen LogP contribution in [0.4, 0.5) is 5.69 Å². The van der Waals surface area contributed by atoms with Crippen LogP contribution in [0.2, 0.25) is 0 Å². The van der Waals surface area contributed by atoms with E-state index in [2.05, 4.69) is 16.3 Å². The molecule has 0 saturated carbocycles. The van der Waals surface area contributed by atoms with Gasteiger partial charge in [0.15, 0.2) is 0 Å². The topological polar surface area (TPSA) is 39.1 Å². The second-order valence-electron chi connectivity index (χ2n) is 4.94. The van der Waals surface area contributed by atoms with Gasteiger partial charge in [-0.2, -0.15) is 5.26 Å². The monoisotopic (exact) mass is 227 g/mol. The highest BCUT2D eigenvalue weighted by Crippen LogP contribution is 2.30. The molecule has 2 atom stereocenters. The zero-order valence-corrected chi connectivity index (χ0v) is 9.89. The van der Waals surface area contributed by atoms with Crippen molar-refractivity contribution < 1.29 is 0 Å². The van der Waals surface area contributed by atoms with Crippen molar-refractivity contribution in [2.45, 2.75) is 31.3 Å². The highest BCUT2D eigenvalue weighted by atomic mass is 15.2. The van der Waals surface area contributed by atoms with Gasteiger partial charge in [0, 0.05) is 18.6 Å². The van der Waals surface area contributed by atoms with Crippen LogP contribution in [0.15, 0.2) is 24.3 Å². The van der Waals surface area contributed by atoms with Crippen LogP contribution < -0.4 is 5.32 Å². The third kappa shape index (κ3) is 1.89. The summed E-state index contributed by atoms with van der Waals surface area (Å²) in [5, 5.41) is 12.6. The van der Waals surface area contributed by atoms with Crippen molar-refractivity contribution in [1.29, 1.82) is 5.26 Å². The van der Waals surface area contributed by atoms with E-state index < -0.39 is 0 Å². The van der Waals surface area contributed by atoms with Gasteiger partial charge in [-0.15, -0.1) is 0 Å². The van der Waals surface area contributed by atoms with Crippen LogP contribution in [0.1, 0.15) is 24.8 Å². The number of para-hydroxylation sites is 1. The number of rotatable bonds is 2. The summed E-state index contributed by atoms with van der Waals surface area (Å²) in [6, 6.07) is 11.3. The normalized spacial score (nSPS) is 27.7. The fourth-order valence-corrected chi connectivity index (χ4v) is 3.16. The van der Waals surface area contributed by atoms with Gasteiger partial charge < -0.3 is 5.32 Å². The van der Waals surface area contributed by atoms with Gasteiger partial charge in [-0.1, -0.05) is 12.1 Å². The Bertz CT molecular complexity index is 449. The number of nitrogens with one attached hydrogen (secondary N) is 1. The Balaban J connectivity index is 1.77. The first-order valence-corrected chi connectivity index (χ1v) is 6.38. The third-order valence-corrected chi connectivity index (χ3v) is 3.99. The molecule has 0 radical (unpaired) electrons. The van der Waals surface area contributed by atoms with E-state index in [1.807, 2.05) is 24.3 Å². The summed E-state index contributed by atoms with van der Waals surface area (Å²) < 4.78 is 0. The lowest BCUT2D eigenvalue weighted by atomic mass is 10.1. The summed E-state index contributed by atoms with van der Waals surface area (Å²) in [7, 11) is 0. The molecule has 2 aliphatic rings. The van der Waals surface area contributed by atoms with E-state index in [4.69, 9.17) is 5.26 Å². The summed E-state index contributed by atoms with van der Waals surface area (Å²) in [6.45, 7) is 2.46. The molecule has 1 aromatic carbocycles. The van der Waals surface area contributed by atoms with Gasteiger partial charge in [0.25, 0.3) is 0 Å². The Hall–Kier alpha value is -1.53. The predicted octanol–water partition coefficient (Wildman–Crippen LogP) is 2.21. The molecule has 2 aliphatic heterocycles. The molecule has 2 saturated heterocycles. The molecule has 2 unspecified atom stereocenters. The zero-order valence-electron chi connectivity index (χ0n) is 9.89. The van der Waals surface area contributed by atoms with Gasteiger partial charge in [-0.3, -0.25) is 4.90 Å². The van der Waals surface area contributed by atoms with E-state index in [9.17, 15) is 0 Å². The van der Waals surface area contributed by atoms with E-state index in [-0.39, 0.29) is 0 Å². The van der Waals surface area contributed by atoms with Crippen LogP contribution >= 0.6 is 0 Å². The Kier molecular flexibility index (Phi) is 2.74. The van der Waals surface area contributed by atoms with Crippen LogP contribution in [-0.4, -0.2) is 30.1 Å². The van der Waals surface area contributed by atoms with Gasteiger partial charge >= 0.3 is 0 Å². The lowest BCUT2D eigenvalue weighted by molar-refractivity contribution is 0.318. The standard InChI is InChI=1S/C14H17N3/c15-10-11-4-1-2-5-12(11)16-13-7-9-17-8-3-6-14(13)17/h1-2,4-5,13-14,16H,3,6-9H2. The Labute approximate surface area is 102 Å². The first-order chi connectivity index (χ1) is 8.38. The summed E-state index contributed by atoms with van der Waals surface area (Å²) in [4.78, 5) is 2.58. The maximum atomic E-state index is 9.08. The predicted molar refractivity (Wildman–Crippen MR) is 67.8 cm³/mol. The number of anilines is 1. The molecule has 0 bridgehead atoms. The maximum absolute atomic E-state index is 9.08. The lowest BCUT2D eigenvalue weighted by Crippen LogP contribution is -2.33. The molecular formula is C14H17N3. The third-order valence-electron chi connectivity index (χ3n) is 3.99. The minimum atomic E-state index is 0.520. The van der Waals surface area contributed by atoms with Gasteiger partial charge in [0.2, 0.25) is 0 Å². The van der Waals surface area contributed by atoms with Crippen molar-refractivity contribution in [3.63, 3.8) is 0 Å². The van der Waals surface area contributed by atoms with E-state index >= 15 is 0 Å². The molecule has 17 heavy (non-hydrogen) atoms. The molecule has 0 spiro atoms. The number of hydrogen-bond acceptors (Lipinski definition) is 3.